The summed E-state index contributed by atoms with van der Waals surface area (Å²) in [7, 11) is -3.43. The smallest absolute Gasteiger partial charge is 0.240 e. The van der Waals surface area contributed by atoms with Crippen molar-refractivity contribution in [2.24, 2.45) is 5.84 Å². The maximum absolute atomic E-state index is 12.0. The molecule has 0 aliphatic carbocycles. The van der Waals surface area contributed by atoms with E-state index < -0.39 is 10.0 Å². The lowest BCUT2D eigenvalue weighted by Crippen LogP contribution is -2.30. The molecule has 0 atom stereocenters. The van der Waals surface area contributed by atoms with Gasteiger partial charge in [0, 0.05) is 12.2 Å². The standard InChI is InChI=1S/C13H24N4O2S/c1-3-17(4-2)11-5-10-15-20(18,19)13-8-6-12(16-14)7-9-13/h6-9,15-16H,3-5,10-11,14H2,1-2H3. The second-order valence-electron chi connectivity index (χ2n) is 4.45. The average Bonchev–Trinajstić information content (AvgIpc) is 2.47. The number of hydrogen-bond acceptors (Lipinski definition) is 5. The van der Waals surface area contributed by atoms with Gasteiger partial charge in [0.05, 0.1) is 4.90 Å². The van der Waals surface area contributed by atoms with Crippen LogP contribution in [0.1, 0.15) is 20.3 Å². The molecule has 0 spiro atoms. The highest BCUT2D eigenvalue weighted by atomic mass is 32.2. The molecule has 0 aliphatic rings. The Hall–Kier alpha value is -1.15. The molecule has 0 saturated heterocycles. The van der Waals surface area contributed by atoms with Crippen LogP contribution in [-0.4, -0.2) is 39.5 Å². The molecule has 0 aromatic heterocycles. The van der Waals surface area contributed by atoms with Gasteiger partial charge in [0.1, 0.15) is 0 Å². The van der Waals surface area contributed by atoms with Crippen LogP contribution < -0.4 is 16.0 Å². The Morgan fingerprint density at radius 3 is 2.25 bits per heavy atom. The van der Waals surface area contributed by atoms with Crippen molar-refractivity contribution in [3.63, 3.8) is 0 Å². The minimum absolute atomic E-state index is 0.249. The Morgan fingerprint density at radius 1 is 1.15 bits per heavy atom. The Balaban J connectivity index is 2.48. The molecule has 7 heteroatoms. The Labute approximate surface area is 121 Å². The Morgan fingerprint density at radius 2 is 1.75 bits per heavy atom. The van der Waals surface area contributed by atoms with Gasteiger partial charge in [-0.3, -0.25) is 5.84 Å². The zero-order valence-electron chi connectivity index (χ0n) is 12.1. The summed E-state index contributed by atoms with van der Waals surface area (Å²) in [6, 6.07) is 6.32. The van der Waals surface area contributed by atoms with Crippen LogP contribution in [0.5, 0.6) is 0 Å². The van der Waals surface area contributed by atoms with Gasteiger partial charge in [-0.25, -0.2) is 13.1 Å². The van der Waals surface area contributed by atoms with E-state index >= 15 is 0 Å². The first-order valence-electron chi connectivity index (χ1n) is 6.82. The summed E-state index contributed by atoms with van der Waals surface area (Å²) in [4.78, 5) is 2.51. The number of nitrogens with two attached hydrogens (primary N) is 1. The number of hydrogen-bond donors (Lipinski definition) is 3. The third-order valence-corrected chi connectivity index (χ3v) is 4.65. The molecule has 1 aromatic rings. The first-order valence-corrected chi connectivity index (χ1v) is 8.30. The van der Waals surface area contributed by atoms with Gasteiger partial charge in [-0.1, -0.05) is 13.8 Å². The highest BCUT2D eigenvalue weighted by Gasteiger charge is 2.12. The number of anilines is 1. The number of sulfonamides is 1. The highest BCUT2D eigenvalue weighted by molar-refractivity contribution is 7.89. The summed E-state index contributed by atoms with van der Waals surface area (Å²) in [5.74, 6) is 5.24. The normalized spacial score (nSPS) is 11.8. The fourth-order valence-electron chi connectivity index (χ4n) is 1.86. The zero-order valence-corrected chi connectivity index (χ0v) is 12.9. The topological polar surface area (TPSA) is 87.5 Å². The summed E-state index contributed by atoms with van der Waals surface area (Å²) in [6.07, 6.45) is 0.795. The predicted molar refractivity (Wildman–Crippen MR) is 81.8 cm³/mol. The van der Waals surface area contributed by atoms with E-state index in [9.17, 15) is 8.42 Å². The summed E-state index contributed by atoms with van der Waals surface area (Å²) < 4.78 is 26.7. The maximum Gasteiger partial charge on any atom is 0.240 e. The Bertz CT molecular complexity index is 484. The monoisotopic (exact) mass is 300 g/mol. The summed E-state index contributed by atoms with van der Waals surface area (Å²) >= 11 is 0. The van der Waals surface area contributed by atoms with Crippen LogP contribution >= 0.6 is 0 Å². The van der Waals surface area contributed by atoms with E-state index in [1.165, 1.54) is 12.1 Å². The molecule has 0 heterocycles. The highest BCUT2D eigenvalue weighted by Crippen LogP contribution is 2.12. The van der Waals surface area contributed by atoms with Crippen molar-refractivity contribution >= 4 is 15.7 Å². The lowest BCUT2D eigenvalue weighted by Gasteiger charge is -2.17. The molecule has 1 rings (SSSR count). The molecular formula is C13H24N4O2S. The molecule has 0 saturated carbocycles. The zero-order chi connectivity index (χ0) is 15.0. The third-order valence-electron chi connectivity index (χ3n) is 3.17. The SMILES string of the molecule is CCN(CC)CCCNS(=O)(=O)c1ccc(NN)cc1. The van der Waals surface area contributed by atoms with Crippen LogP contribution in [-0.2, 0) is 10.0 Å². The first-order chi connectivity index (χ1) is 9.53. The molecule has 4 N–H and O–H groups in total. The molecule has 1 aromatic carbocycles. The number of nitrogen functional groups attached to an aromatic ring is 1. The van der Waals surface area contributed by atoms with Gasteiger partial charge in [-0.15, -0.1) is 0 Å². The van der Waals surface area contributed by atoms with Crippen LogP contribution in [0.25, 0.3) is 0 Å². The first kappa shape index (κ1) is 16.9. The quantitative estimate of drug-likeness (QED) is 0.359. The molecule has 0 bridgehead atoms. The van der Waals surface area contributed by atoms with Crippen LogP contribution in [0.15, 0.2) is 29.2 Å². The number of benzene rings is 1. The van der Waals surface area contributed by atoms with Crippen molar-refractivity contribution < 1.29 is 8.42 Å². The number of rotatable bonds is 9. The predicted octanol–water partition coefficient (Wildman–Crippen LogP) is 0.982. The van der Waals surface area contributed by atoms with E-state index in [2.05, 4.69) is 28.9 Å². The van der Waals surface area contributed by atoms with E-state index in [-0.39, 0.29) is 4.90 Å². The average molecular weight is 300 g/mol. The van der Waals surface area contributed by atoms with E-state index in [0.29, 0.717) is 12.2 Å². The molecular weight excluding hydrogens is 276 g/mol. The molecule has 114 valence electrons. The van der Waals surface area contributed by atoms with E-state index in [1.807, 2.05) is 0 Å². The van der Waals surface area contributed by atoms with Gasteiger partial charge in [-0.05, 0) is 50.3 Å². The number of nitrogens with one attached hydrogen (secondary N) is 2. The van der Waals surface area contributed by atoms with Gasteiger partial charge in [0.25, 0.3) is 0 Å². The third kappa shape index (κ3) is 5.09. The van der Waals surface area contributed by atoms with Crippen molar-refractivity contribution in [2.45, 2.75) is 25.2 Å². The summed E-state index contributed by atoms with van der Waals surface area (Å²) in [6.45, 7) is 7.50. The Kier molecular flexibility index (Phi) is 6.94. The minimum Gasteiger partial charge on any atom is -0.324 e. The van der Waals surface area contributed by atoms with Crippen LogP contribution in [0.3, 0.4) is 0 Å². The largest absolute Gasteiger partial charge is 0.324 e. The molecule has 20 heavy (non-hydrogen) atoms. The van der Waals surface area contributed by atoms with Crippen LogP contribution in [0.4, 0.5) is 5.69 Å². The number of nitrogens with zero attached hydrogens (tertiary/aromatic N) is 1. The van der Waals surface area contributed by atoms with Gasteiger partial charge in [0.15, 0.2) is 0 Å². The molecule has 0 amide bonds. The fraction of sp³-hybridized carbons (Fsp3) is 0.538. The van der Waals surface area contributed by atoms with Crippen LogP contribution in [0.2, 0.25) is 0 Å². The van der Waals surface area contributed by atoms with E-state index in [1.54, 1.807) is 12.1 Å². The molecule has 0 aliphatic heterocycles. The summed E-state index contributed by atoms with van der Waals surface area (Å²) in [5.41, 5.74) is 3.13. The minimum atomic E-state index is -3.43. The maximum atomic E-state index is 12.0. The molecule has 6 nitrogen and oxygen atoms in total. The number of hydrazine groups is 1. The van der Waals surface area contributed by atoms with Crippen molar-refractivity contribution in [3.8, 4) is 0 Å². The molecule has 0 radical (unpaired) electrons. The van der Waals surface area contributed by atoms with Gasteiger partial charge >= 0.3 is 0 Å². The van der Waals surface area contributed by atoms with Crippen LogP contribution in [0, 0.1) is 0 Å². The van der Waals surface area contributed by atoms with Crippen molar-refractivity contribution in [2.75, 3.05) is 31.6 Å². The fourth-order valence-corrected chi connectivity index (χ4v) is 2.94. The molecule has 0 unspecified atom stereocenters. The van der Waals surface area contributed by atoms with Gasteiger partial charge in [0.2, 0.25) is 10.0 Å². The van der Waals surface area contributed by atoms with E-state index in [0.717, 1.165) is 26.1 Å². The second-order valence-corrected chi connectivity index (χ2v) is 6.21. The van der Waals surface area contributed by atoms with Gasteiger partial charge < -0.3 is 10.3 Å². The van der Waals surface area contributed by atoms with E-state index in [4.69, 9.17) is 5.84 Å². The molecule has 0 fully saturated rings. The lowest BCUT2D eigenvalue weighted by molar-refractivity contribution is 0.300. The van der Waals surface area contributed by atoms with Crippen molar-refractivity contribution in [1.29, 1.82) is 0 Å². The summed E-state index contributed by atoms with van der Waals surface area (Å²) in [5, 5.41) is 0. The lowest BCUT2D eigenvalue weighted by atomic mass is 10.3. The van der Waals surface area contributed by atoms with Gasteiger partial charge in [-0.2, -0.15) is 0 Å². The van der Waals surface area contributed by atoms with Crippen molar-refractivity contribution in [1.82, 2.24) is 9.62 Å². The van der Waals surface area contributed by atoms with Crippen molar-refractivity contribution in [3.05, 3.63) is 24.3 Å². The second kappa shape index (κ2) is 8.21.